The van der Waals surface area contributed by atoms with Crippen LogP contribution in [-0.4, -0.2) is 45.0 Å². The molecule has 22 heavy (non-hydrogen) atoms. The largest absolute Gasteiger partial charge is 0.464 e. The predicted molar refractivity (Wildman–Crippen MR) is 84.2 cm³/mol. The molecule has 0 aromatic carbocycles. The standard InChI is InChI=1S/C16H20N2O3S/c1-16-7-4-14(19)18(16)13(11-22-16)15(20)21-10-2-3-12-5-8-17-9-6-12/h5-6,8-9,13H,2-4,7,10-11H2,1H3. The average Bonchev–Trinajstić information content (AvgIpc) is 3.01. The minimum absolute atomic E-state index is 0.0752. The van der Waals surface area contributed by atoms with Gasteiger partial charge in [0.25, 0.3) is 0 Å². The Morgan fingerprint density at radius 3 is 3.05 bits per heavy atom. The van der Waals surface area contributed by atoms with Gasteiger partial charge in [0.05, 0.1) is 11.5 Å². The molecule has 0 N–H and O–H groups in total. The SMILES string of the molecule is CC12CCC(=O)N1C(C(=O)OCCCc1ccncc1)CS2. The first-order valence-corrected chi connectivity index (χ1v) is 8.60. The molecule has 118 valence electrons. The van der Waals surface area contributed by atoms with Crippen molar-refractivity contribution in [2.75, 3.05) is 12.4 Å². The molecular formula is C16H20N2O3S. The lowest BCUT2D eigenvalue weighted by Gasteiger charge is -2.29. The maximum absolute atomic E-state index is 12.2. The third kappa shape index (κ3) is 2.97. The van der Waals surface area contributed by atoms with Gasteiger partial charge in [0.1, 0.15) is 6.04 Å². The number of fused-ring (bicyclic) bond motifs is 1. The summed E-state index contributed by atoms with van der Waals surface area (Å²) in [5.41, 5.74) is 1.18. The van der Waals surface area contributed by atoms with Crippen LogP contribution in [0.2, 0.25) is 0 Å². The van der Waals surface area contributed by atoms with E-state index in [0.717, 1.165) is 19.3 Å². The van der Waals surface area contributed by atoms with E-state index in [-0.39, 0.29) is 16.7 Å². The van der Waals surface area contributed by atoms with E-state index in [1.165, 1.54) is 5.56 Å². The molecule has 2 atom stereocenters. The molecule has 0 radical (unpaired) electrons. The molecule has 2 aliphatic heterocycles. The van der Waals surface area contributed by atoms with Crippen molar-refractivity contribution in [3.8, 4) is 0 Å². The lowest BCUT2D eigenvalue weighted by atomic mass is 10.1. The van der Waals surface area contributed by atoms with Crippen LogP contribution < -0.4 is 0 Å². The van der Waals surface area contributed by atoms with Crippen molar-refractivity contribution >= 4 is 23.6 Å². The van der Waals surface area contributed by atoms with E-state index in [9.17, 15) is 9.59 Å². The highest BCUT2D eigenvalue weighted by Gasteiger charge is 2.53. The Morgan fingerprint density at radius 1 is 1.50 bits per heavy atom. The van der Waals surface area contributed by atoms with Crippen LogP contribution in [0.3, 0.4) is 0 Å². The Labute approximate surface area is 134 Å². The summed E-state index contributed by atoms with van der Waals surface area (Å²) in [6.45, 7) is 2.43. The van der Waals surface area contributed by atoms with Gasteiger partial charge in [0, 0.05) is 24.6 Å². The lowest BCUT2D eigenvalue weighted by Crippen LogP contribution is -2.46. The maximum atomic E-state index is 12.2. The molecular weight excluding hydrogens is 300 g/mol. The summed E-state index contributed by atoms with van der Waals surface area (Å²) in [7, 11) is 0. The third-order valence-electron chi connectivity index (χ3n) is 4.32. The number of thioether (sulfide) groups is 1. The van der Waals surface area contributed by atoms with Gasteiger partial charge in [-0.3, -0.25) is 9.78 Å². The van der Waals surface area contributed by atoms with Crippen LogP contribution in [0.5, 0.6) is 0 Å². The summed E-state index contributed by atoms with van der Waals surface area (Å²) in [5, 5.41) is 0. The molecule has 5 nitrogen and oxygen atoms in total. The van der Waals surface area contributed by atoms with Gasteiger partial charge >= 0.3 is 5.97 Å². The zero-order valence-corrected chi connectivity index (χ0v) is 13.5. The molecule has 1 aromatic heterocycles. The van der Waals surface area contributed by atoms with E-state index in [0.29, 0.717) is 18.8 Å². The molecule has 0 spiro atoms. The first kappa shape index (κ1) is 15.3. The number of pyridine rings is 1. The highest BCUT2D eigenvalue weighted by atomic mass is 32.2. The molecule has 2 aliphatic rings. The maximum Gasteiger partial charge on any atom is 0.329 e. The van der Waals surface area contributed by atoms with Gasteiger partial charge in [-0.05, 0) is 43.9 Å². The van der Waals surface area contributed by atoms with E-state index >= 15 is 0 Å². The van der Waals surface area contributed by atoms with Gasteiger partial charge in [0.15, 0.2) is 0 Å². The van der Waals surface area contributed by atoms with E-state index < -0.39 is 6.04 Å². The van der Waals surface area contributed by atoms with Gasteiger partial charge < -0.3 is 9.64 Å². The molecule has 0 aliphatic carbocycles. The number of rotatable bonds is 5. The number of nitrogens with zero attached hydrogens (tertiary/aromatic N) is 2. The van der Waals surface area contributed by atoms with Crippen molar-refractivity contribution < 1.29 is 14.3 Å². The summed E-state index contributed by atoms with van der Waals surface area (Å²) in [6.07, 6.45) is 6.52. The number of aromatic nitrogens is 1. The first-order valence-electron chi connectivity index (χ1n) is 7.62. The second-order valence-electron chi connectivity index (χ2n) is 5.89. The smallest absolute Gasteiger partial charge is 0.329 e. The Hall–Kier alpha value is -1.56. The second-order valence-corrected chi connectivity index (χ2v) is 7.39. The molecule has 2 unspecified atom stereocenters. The number of hydrogen-bond acceptors (Lipinski definition) is 5. The molecule has 3 rings (SSSR count). The molecule has 3 heterocycles. The number of aryl methyl sites for hydroxylation is 1. The fourth-order valence-corrected chi connectivity index (χ4v) is 4.51. The fraction of sp³-hybridized carbons (Fsp3) is 0.562. The van der Waals surface area contributed by atoms with Gasteiger partial charge in [-0.15, -0.1) is 11.8 Å². The molecule has 0 bridgehead atoms. The Kier molecular flexibility index (Phi) is 4.38. The molecule has 0 saturated carbocycles. The topological polar surface area (TPSA) is 59.5 Å². The number of ether oxygens (including phenoxy) is 1. The van der Waals surface area contributed by atoms with Crippen LogP contribution in [-0.2, 0) is 20.7 Å². The summed E-state index contributed by atoms with van der Waals surface area (Å²) in [5.74, 6) is 0.457. The van der Waals surface area contributed by atoms with Crippen molar-refractivity contribution in [1.29, 1.82) is 0 Å². The zero-order chi connectivity index (χ0) is 15.6. The van der Waals surface area contributed by atoms with Crippen molar-refractivity contribution in [1.82, 2.24) is 9.88 Å². The van der Waals surface area contributed by atoms with Crippen molar-refractivity contribution in [2.24, 2.45) is 0 Å². The van der Waals surface area contributed by atoms with Crippen LogP contribution in [0.25, 0.3) is 0 Å². The molecule has 2 saturated heterocycles. The number of hydrogen-bond donors (Lipinski definition) is 0. The minimum atomic E-state index is -0.411. The molecule has 2 fully saturated rings. The third-order valence-corrected chi connectivity index (χ3v) is 5.83. The predicted octanol–water partition coefficient (Wildman–Crippen LogP) is 2.01. The zero-order valence-electron chi connectivity index (χ0n) is 12.7. The number of amides is 1. The fourth-order valence-electron chi connectivity index (χ4n) is 3.09. The molecule has 6 heteroatoms. The van der Waals surface area contributed by atoms with Crippen LogP contribution in [0.15, 0.2) is 24.5 Å². The van der Waals surface area contributed by atoms with Crippen LogP contribution in [0.1, 0.15) is 31.7 Å². The van der Waals surface area contributed by atoms with Gasteiger partial charge in [-0.2, -0.15) is 0 Å². The van der Waals surface area contributed by atoms with Crippen LogP contribution in [0, 0.1) is 0 Å². The summed E-state index contributed by atoms with van der Waals surface area (Å²) >= 11 is 1.69. The summed E-state index contributed by atoms with van der Waals surface area (Å²) in [4.78, 5) is 29.7. The van der Waals surface area contributed by atoms with E-state index in [4.69, 9.17) is 4.74 Å². The number of carbonyl (C=O) groups is 2. The number of carbonyl (C=O) groups excluding carboxylic acids is 2. The normalized spacial score (nSPS) is 27.0. The monoisotopic (exact) mass is 320 g/mol. The van der Waals surface area contributed by atoms with Gasteiger partial charge in [-0.25, -0.2) is 4.79 Å². The minimum Gasteiger partial charge on any atom is -0.464 e. The van der Waals surface area contributed by atoms with Crippen molar-refractivity contribution in [3.63, 3.8) is 0 Å². The molecule has 1 amide bonds. The van der Waals surface area contributed by atoms with Crippen LogP contribution >= 0.6 is 11.8 Å². The number of esters is 1. The van der Waals surface area contributed by atoms with E-state index in [1.807, 2.05) is 19.1 Å². The van der Waals surface area contributed by atoms with Crippen molar-refractivity contribution in [3.05, 3.63) is 30.1 Å². The van der Waals surface area contributed by atoms with Gasteiger partial charge in [0.2, 0.25) is 5.91 Å². The Balaban J connectivity index is 1.47. The summed E-state index contributed by atoms with van der Waals surface area (Å²) < 4.78 is 5.39. The Bertz CT molecular complexity index is 566. The Morgan fingerprint density at radius 2 is 2.27 bits per heavy atom. The molecule has 1 aromatic rings. The van der Waals surface area contributed by atoms with E-state index in [2.05, 4.69) is 4.98 Å². The van der Waals surface area contributed by atoms with Crippen LogP contribution in [0.4, 0.5) is 0 Å². The highest BCUT2D eigenvalue weighted by molar-refractivity contribution is 8.01. The van der Waals surface area contributed by atoms with Crippen molar-refractivity contribution in [2.45, 2.75) is 43.5 Å². The van der Waals surface area contributed by atoms with E-state index in [1.54, 1.807) is 29.1 Å². The summed E-state index contributed by atoms with van der Waals surface area (Å²) in [6, 6.07) is 3.51. The first-order chi connectivity index (χ1) is 10.6. The second kappa shape index (κ2) is 6.28. The lowest BCUT2D eigenvalue weighted by molar-refractivity contribution is -0.153. The average molecular weight is 320 g/mol. The van der Waals surface area contributed by atoms with Gasteiger partial charge in [-0.1, -0.05) is 0 Å². The quantitative estimate of drug-likeness (QED) is 0.613. The highest BCUT2D eigenvalue weighted by Crippen LogP contribution is 2.47.